The quantitative estimate of drug-likeness (QED) is 0.124. The summed E-state index contributed by atoms with van der Waals surface area (Å²) < 4.78 is 5.83. The Hall–Kier alpha value is -3.99. The van der Waals surface area contributed by atoms with Crippen molar-refractivity contribution >= 4 is 40.0 Å². The molecule has 4 rings (SSSR count). The first kappa shape index (κ1) is 22.2. The number of rotatable bonds is 6. The lowest BCUT2D eigenvalue weighted by Crippen LogP contribution is -2.31. The summed E-state index contributed by atoms with van der Waals surface area (Å²) in [5.74, 6) is 4.09. The van der Waals surface area contributed by atoms with Gasteiger partial charge in [-0.1, -0.05) is 6.07 Å². The second kappa shape index (κ2) is 9.25. The van der Waals surface area contributed by atoms with E-state index in [9.17, 15) is 19.8 Å². The lowest BCUT2D eigenvalue weighted by molar-refractivity contribution is 0.0697. The van der Waals surface area contributed by atoms with Crippen LogP contribution in [0.4, 0.5) is 5.69 Å². The first-order valence-corrected chi connectivity index (χ1v) is 10.2. The summed E-state index contributed by atoms with van der Waals surface area (Å²) in [6.45, 7) is 0.632. The highest BCUT2D eigenvalue weighted by atomic mass is 32.1. The number of anilines is 1. The molecule has 0 radical (unpaired) electrons. The van der Waals surface area contributed by atoms with Gasteiger partial charge in [-0.05, 0) is 54.2 Å². The molecule has 9 nitrogen and oxygen atoms in total. The second-order valence-corrected chi connectivity index (χ2v) is 7.54. The van der Waals surface area contributed by atoms with Crippen LogP contribution in [0.1, 0.15) is 10.4 Å². The van der Waals surface area contributed by atoms with Crippen molar-refractivity contribution < 1.29 is 24.3 Å². The summed E-state index contributed by atoms with van der Waals surface area (Å²) in [4.78, 5) is 28.6. The smallest absolute Gasteiger partial charge is 0.336 e. The van der Waals surface area contributed by atoms with Gasteiger partial charge in [0.15, 0.2) is 10.5 Å². The van der Waals surface area contributed by atoms with Gasteiger partial charge in [-0.25, -0.2) is 10.7 Å². The molecule has 0 fully saturated rings. The van der Waals surface area contributed by atoms with E-state index in [1.165, 1.54) is 30.3 Å². The number of carboxylic acid groups (broad SMARTS) is 1. The minimum atomic E-state index is -1.15. The topological polar surface area (TPSA) is 147 Å². The molecule has 1 heterocycles. The minimum Gasteiger partial charge on any atom is -0.508 e. The predicted molar refractivity (Wildman–Crippen MR) is 128 cm³/mol. The number of thiocarbonyl (C=S) groups is 1. The maximum absolute atomic E-state index is 12.2. The molecule has 2 aromatic rings. The average molecular weight is 465 g/mol. The Kier molecular flexibility index (Phi) is 6.22. The van der Waals surface area contributed by atoms with Crippen molar-refractivity contribution in [1.29, 1.82) is 0 Å². The first-order chi connectivity index (χ1) is 15.9. The molecule has 1 aliphatic heterocycles. The number of benzene rings is 3. The molecule has 0 amide bonds. The third kappa shape index (κ3) is 4.62. The maximum atomic E-state index is 12.2. The number of hydrogen-bond acceptors (Lipinski definition) is 7. The summed E-state index contributed by atoms with van der Waals surface area (Å²) in [6, 6.07) is 13.7. The molecule has 2 aromatic carbocycles. The average Bonchev–Trinajstić information content (AvgIpc) is 2.77. The van der Waals surface area contributed by atoms with Gasteiger partial charge >= 0.3 is 5.97 Å². The van der Waals surface area contributed by atoms with Crippen molar-refractivity contribution in [1.82, 2.24) is 5.32 Å². The van der Waals surface area contributed by atoms with Crippen LogP contribution in [0.25, 0.3) is 33.4 Å². The molecule has 0 spiro atoms. The van der Waals surface area contributed by atoms with E-state index in [0.717, 1.165) is 0 Å². The zero-order chi connectivity index (χ0) is 23.5. The molecule has 1 aliphatic carbocycles. The zero-order valence-electron chi connectivity index (χ0n) is 17.1. The van der Waals surface area contributed by atoms with Crippen LogP contribution in [0.3, 0.4) is 0 Å². The van der Waals surface area contributed by atoms with Crippen LogP contribution in [0.2, 0.25) is 0 Å². The molecule has 0 bridgehead atoms. The van der Waals surface area contributed by atoms with Gasteiger partial charge in [0, 0.05) is 40.9 Å². The molecular weight excluding hydrogens is 446 g/mol. The Morgan fingerprint density at radius 3 is 2.64 bits per heavy atom. The number of aromatic carboxylic acids is 1. The largest absolute Gasteiger partial charge is 0.508 e. The van der Waals surface area contributed by atoms with E-state index in [0.29, 0.717) is 39.9 Å². The van der Waals surface area contributed by atoms with E-state index in [4.69, 9.17) is 22.5 Å². The van der Waals surface area contributed by atoms with E-state index in [2.05, 4.69) is 15.5 Å². The summed E-state index contributed by atoms with van der Waals surface area (Å²) in [5, 5.41) is 26.6. The molecule has 0 atom stereocenters. The van der Waals surface area contributed by atoms with Gasteiger partial charge < -0.3 is 30.1 Å². The van der Waals surface area contributed by atoms with Gasteiger partial charge in [-0.2, -0.15) is 0 Å². The molecule has 33 heavy (non-hydrogen) atoms. The van der Waals surface area contributed by atoms with Gasteiger partial charge in [0.1, 0.15) is 17.1 Å². The Bertz CT molecular complexity index is 1400. The Morgan fingerprint density at radius 2 is 1.88 bits per heavy atom. The van der Waals surface area contributed by atoms with Crippen LogP contribution >= 0.6 is 12.2 Å². The van der Waals surface area contributed by atoms with Crippen LogP contribution in [-0.2, 0) is 4.84 Å². The molecule has 2 aliphatic rings. The summed E-state index contributed by atoms with van der Waals surface area (Å²) in [5.41, 5.74) is 2.09. The van der Waals surface area contributed by atoms with Crippen molar-refractivity contribution in [2.75, 3.05) is 18.5 Å². The van der Waals surface area contributed by atoms with E-state index in [-0.39, 0.29) is 34.2 Å². The number of carbonyl (C=O) groups is 1. The number of nitrogens with one attached hydrogen (secondary N) is 2. The lowest BCUT2D eigenvalue weighted by Gasteiger charge is -2.18. The van der Waals surface area contributed by atoms with Crippen LogP contribution in [-0.4, -0.2) is 34.4 Å². The van der Waals surface area contributed by atoms with Gasteiger partial charge in [0.25, 0.3) is 0 Å². The second-order valence-electron chi connectivity index (χ2n) is 7.13. The molecule has 0 saturated heterocycles. The van der Waals surface area contributed by atoms with Gasteiger partial charge in [0.2, 0.25) is 0 Å². The number of phenolic OH excluding ortho intramolecular Hbond substituents is 1. The van der Waals surface area contributed by atoms with Crippen molar-refractivity contribution in [3.8, 4) is 28.2 Å². The summed E-state index contributed by atoms with van der Waals surface area (Å²) >= 11 is 5.20. The van der Waals surface area contributed by atoms with Crippen LogP contribution < -0.4 is 22.0 Å². The van der Waals surface area contributed by atoms with Crippen LogP contribution in [0.15, 0.2) is 63.8 Å². The highest BCUT2D eigenvalue weighted by molar-refractivity contribution is 7.80. The Balaban J connectivity index is 1.87. The third-order valence-corrected chi connectivity index (χ3v) is 5.21. The molecule has 168 valence electrons. The number of hydrogen-bond donors (Lipinski definition) is 5. The standard InChI is InChI=1S/C23H19N3O6S/c24-31-8-7-25-23(33)26-12-1-4-15(18(9-12)22(29)30)21-16-5-2-13(27)10-19(16)32-20-11-14(28)3-6-17(20)21/h1-6,9-11,27H,7-8,24H2,(H,29,30)(H2,25,26,33). The van der Waals surface area contributed by atoms with E-state index in [1.54, 1.807) is 24.3 Å². The number of phenols is 1. The molecule has 10 heteroatoms. The number of fused-ring (bicyclic) bond motifs is 2. The predicted octanol–water partition coefficient (Wildman–Crippen LogP) is 3.15. The normalized spacial score (nSPS) is 10.9. The monoisotopic (exact) mass is 465 g/mol. The SMILES string of the molecule is NOCCNC(=S)Nc1ccc(-c2c3ccc(=O)cc-3oc3cc(O)ccc23)c(C(=O)O)c1. The zero-order valence-corrected chi connectivity index (χ0v) is 17.9. The van der Waals surface area contributed by atoms with Gasteiger partial charge in [-0.15, -0.1) is 0 Å². The van der Waals surface area contributed by atoms with Crippen molar-refractivity contribution in [2.24, 2.45) is 5.90 Å². The first-order valence-electron chi connectivity index (χ1n) is 9.81. The van der Waals surface area contributed by atoms with Crippen molar-refractivity contribution in [2.45, 2.75) is 0 Å². The summed E-state index contributed by atoms with van der Waals surface area (Å²) in [7, 11) is 0. The number of carboxylic acids is 1. The number of nitrogens with two attached hydrogens (primary N) is 1. The van der Waals surface area contributed by atoms with Gasteiger partial charge in [0.05, 0.1) is 12.2 Å². The highest BCUT2D eigenvalue weighted by Crippen LogP contribution is 2.42. The molecule has 0 aromatic heterocycles. The molecule has 0 unspecified atom stereocenters. The van der Waals surface area contributed by atoms with Crippen molar-refractivity contribution in [3.63, 3.8) is 0 Å². The third-order valence-electron chi connectivity index (χ3n) is 4.96. The van der Waals surface area contributed by atoms with Crippen molar-refractivity contribution in [3.05, 3.63) is 70.4 Å². The summed E-state index contributed by atoms with van der Waals surface area (Å²) in [6.07, 6.45) is 0. The van der Waals surface area contributed by atoms with Crippen LogP contribution in [0.5, 0.6) is 5.75 Å². The number of aromatic hydroxyl groups is 1. The Labute approximate surface area is 192 Å². The fourth-order valence-electron chi connectivity index (χ4n) is 3.57. The lowest BCUT2D eigenvalue weighted by atomic mass is 9.90. The molecule has 6 N–H and O–H groups in total. The highest BCUT2D eigenvalue weighted by Gasteiger charge is 2.22. The van der Waals surface area contributed by atoms with E-state index in [1.807, 2.05) is 0 Å². The Morgan fingerprint density at radius 1 is 1.09 bits per heavy atom. The fourth-order valence-corrected chi connectivity index (χ4v) is 3.79. The van der Waals surface area contributed by atoms with Gasteiger partial charge in [-0.3, -0.25) is 4.79 Å². The molecule has 0 saturated carbocycles. The fraction of sp³-hybridized carbons (Fsp3) is 0.0870. The van der Waals surface area contributed by atoms with Crippen LogP contribution in [0, 0.1) is 0 Å². The van der Waals surface area contributed by atoms with E-state index >= 15 is 0 Å². The molecular formula is C23H19N3O6S. The maximum Gasteiger partial charge on any atom is 0.336 e. The minimum absolute atomic E-state index is 0.0150. The van der Waals surface area contributed by atoms with E-state index < -0.39 is 5.97 Å².